The molecule has 3 heterocycles. The maximum absolute atomic E-state index is 12.4. The molecule has 5 nitrogen and oxygen atoms in total. The van der Waals surface area contributed by atoms with E-state index in [2.05, 4.69) is 12.2 Å². The van der Waals surface area contributed by atoms with Crippen molar-refractivity contribution in [2.75, 3.05) is 26.2 Å². The van der Waals surface area contributed by atoms with Gasteiger partial charge in [-0.1, -0.05) is 6.92 Å². The molecule has 0 bridgehead atoms. The number of ether oxygens (including phenoxy) is 1. The van der Waals surface area contributed by atoms with Crippen LogP contribution in [0.2, 0.25) is 0 Å². The number of carbonyl (C=O) groups excluding carboxylic acids is 2. The van der Waals surface area contributed by atoms with Crippen molar-refractivity contribution >= 4 is 11.8 Å². The lowest BCUT2D eigenvalue weighted by molar-refractivity contribution is -0.144. The highest BCUT2D eigenvalue weighted by atomic mass is 16.5. The number of amides is 2. The molecule has 0 saturated carbocycles. The third-order valence-electron chi connectivity index (χ3n) is 4.96. The standard InChI is InChI=1S/C14H22N2O3/c1-10-2-7-19-12(10)13(18)16-5-3-14(4-6-16)8-11(17)15-9-14/h10,12H,2-9H2,1H3,(H,15,17). The van der Waals surface area contributed by atoms with Gasteiger partial charge in [-0.15, -0.1) is 0 Å². The molecule has 1 spiro atoms. The summed E-state index contributed by atoms with van der Waals surface area (Å²) in [5.74, 6) is 0.641. The van der Waals surface area contributed by atoms with Gasteiger partial charge in [-0.05, 0) is 30.6 Å². The molecule has 3 aliphatic rings. The average molecular weight is 266 g/mol. The number of likely N-dealkylation sites (tertiary alicyclic amines) is 1. The van der Waals surface area contributed by atoms with Crippen molar-refractivity contribution in [2.45, 2.75) is 38.7 Å². The van der Waals surface area contributed by atoms with Gasteiger partial charge in [0.1, 0.15) is 6.10 Å². The second-order valence-corrected chi connectivity index (χ2v) is 6.34. The van der Waals surface area contributed by atoms with Gasteiger partial charge in [0, 0.05) is 32.7 Å². The summed E-state index contributed by atoms with van der Waals surface area (Å²) in [6, 6.07) is 0. The summed E-state index contributed by atoms with van der Waals surface area (Å²) in [7, 11) is 0. The molecule has 0 radical (unpaired) electrons. The van der Waals surface area contributed by atoms with Gasteiger partial charge in [0.15, 0.2) is 0 Å². The van der Waals surface area contributed by atoms with Crippen LogP contribution in [0.1, 0.15) is 32.6 Å². The minimum absolute atomic E-state index is 0.107. The lowest BCUT2D eigenvalue weighted by atomic mass is 9.77. The number of nitrogens with zero attached hydrogens (tertiary/aromatic N) is 1. The van der Waals surface area contributed by atoms with E-state index in [1.165, 1.54) is 0 Å². The molecular weight excluding hydrogens is 244 g/mol. The van der Waals surface area contributed by atoms with Crippen molar-refractivity contribution in [1.82, 2.24) is 10.2 Å². The summed E-state index contributed by atoms with van der Waals surface area (Å²) in [5.41, 5.74) is 0.107. The molecule has 0 aromatic rings. The Morgan fingerprint density at radius 3 is 2.68 bits per heavy atom. The zero-order valence-corrected chi connectivity index (χ0v) is 11.5. The molecule has 3 saturated heterocycles. The Morgan fingerprint density at radius 1 is 1.42 bits per heavy atom. The fraction of sp³-hybridized carbons (Fsp3) is 0.857. The molecule has 3 rings (SSSR count). The average Bonchev–Trinajstić information content (AvgIpc) is 2.97. The van der Waals surface area contributed by atoms with Gasteiger partial charge in [-0.3, -0.25) is 9.59 Å². The predicted octanol–water partition coefficient (Wildman–Crippen LogP) is 0.540. The first-order valence-electron chi connectivity index (χ1n) is 7.27. The summed E-state index contributed by atoms with van der Waals surface area (Å²) in [6.07, 6.45) is 3.23. The van der Waals surface area contributed by atoms with Crippen molar-refractivity contribution in [3.63, 3.8) is 0 Å². The highest BCUT2D eigenvalue weighted by Crippen LogP contribution is 2.38. The fourth-order valence-corrected chi connectivity index (χ4v) is 3.50. The minimum atomic E-state index is -0.239. The van der Waals surface area contributed by atoms with Crippen molar-refractivity contribution in [2.24, 2.45) is 11.3 Å². The first-order chi connectivity index (χ1) is 9.10. The zero-order chi connectivity index (χ0) is 13.5. The molecule has 2 atom stereocenters. The van der Waals surface area contributed by atoms with E-state index < -0.39 is 0 Å². The molecule has 0 aliphatic carbocycles. The molecule has 1 N–H and O–H groups in total. The lowest BCUT2D eigenvalue weighted by Gasteiger charge is -2.39. The highest BCUT2D eigenvalue weighted by Gasteiger charge is 2.43. The molecule has 3 aliphatic heterocycles. The van der Waals surface area contributed by atoms with Crippen LogP contribution in [0.4, 0.5) is 0 Å². The largest absolute Gasteiger partial charge is 0.368 e. The van der Waals surface area contributed by atoms with Crippen LogP contribution < -0.4 is 5.32 Å². The molecule has 0 aromatic carbocycles. The van der Waals surface area contributed by atoms with Crippen LogP contribution >= 0.6 is 0 Å². The highest BCUT2D eigenvalue weighted by molar-refractivity contribution is 5.82. The Bertz CT molecular complexity index is 388. The summed E-state index contributed by atoms with van der Waals surface area (Å²) in [6.45, 7) is 5.10. The molecule has 19 heavy (non-hydrogen) atoms. The van der Waals surface area contributed by atoms with Crippen molar-refractivity contribution in [3.8, 4) is 0 Å². The Labute approximate surface area is 113 Å². The number of piperidine rings is 1. The van der Waals surface area contributed by atoms with Crippen LogP contribution in [0.5, 0.6) is 0 Å². The van der Waals surface area contributed by atoms with E-state index in [0.29, 0.717) is 18.9 Å². The molecule has 0 aromatic heterocycles. The molecule has 5 heteroatoms. The third kappa shape index (κ3) is 2.36. The molecule has 2 unspecified atom stereocenters. The number of carbonyl (C=O) groups is 2. The van der Waals surface area contributed by atoms with Gasteiger partial charge in [-0.25, -0.2) is 0 Å². The summed E-state index contributed by atoms with van der Waals surface area (Å²) < 4.78 is 5.56. The number of hydrogen-bond acceptors (Lipinski definition) is 3. The van der Waals surface area contributed by atoms with E-state index in [4.69, 9.17) is 4.74 Å². The quantitative estimate of drug-likeness (QED) is 0.753. The second-order valence-electron chi connectivity index (χ2n) is 6.34. The van der Waals surface area contributed by atoms with Crippen molar-refractivity contribution in [3.05, 3.63) is 0 Å². The Morgan fingerprint density at radius 2 is 2.16 bits per heavy atom. The van der Waals surface area contributed by atoms with Crippen LogP contribution in [0.3, 0.4) is 0 Å². The smallest absolute Gasteiger partial charge is 0.251 e. The van der Waals surface area contributed by atoms with Crippen LogP contribution in [0, 0.1) is 11.3 Å². The minimum Gasteiger partial charge on any atom is -0.368 e. The van der Waals surface area contributed by atoms with Crippen LogP contribution in [-0.2, 0) is 14.3 Å². The summed E-state index contributed by atoms with van der Waals surface area (Å²) in [5, 5.41) is 2.92. The third-order valence-corrected chi connectivity index (χ3v) is 4.96. The van der Waals surface area contributed by atoms with E-state index in [0.717, 1.165) is 38.9 Å². The maximum atomic E-state index is 12.4. The number of rotatable bonds is 1. The summed E-state index contributed by atoms with van der Waals surface area (Å²) in [4.78, 5) is 25.7. The predicted molar refractivity (Wildman–Crippen MR) is 69.4 cm³/mol. The second kappa shape index (κ2) is 4.78. The molecular formula is C14H22N2O3. The maximum Gasteiger partial charge on any atom is 0.251 e. The number of nitrogens with one attached hydrogen (secondary N) is 1. The zero-order valence-electron chi connectivity index (χ0n) is 11.5. The normalized spacial score (nSPS) is 33.7. The van der Waals surface area contributed by atoms with E-state index in [1.807, 2.05) is 4.90 Å². The summed E-state index contributed by atoms with van der Waals surface area (Å²) >= 11 is 0. The fourth-order valence-electron chi connectivity index (χ4n) is 3.50. The van der Waals surface area contributed by atoms with Gasteiger partial charge in [0.05, 0.1) is 0 Å². The Kier molecular flexibility index (Phi) is 3.25. The van der Waals surface area contributed by atoms with Gasteiger partial charge in [0.25, 0.3) is 5.91 Å². The van der Waals surface area contributed by atoms with E-state index >= 15 is 0 Å². The van der Waals surface area contributed by atoms with Crippen LogP contribution in [0.25, 0.3) is 0 Å². The van der Waals surface area contributed by atoms with Crippen LogP contribution in [0.15, 0.2) is 0 Å². The SMILES string of the molecule is CC1CCOC1C(=O)N1CCC2(CC1)CNC(=O)C2. The first-order valence-corrected chi connectivity index (χ1v) is 7.27. The van der Waals surface area contributed by atoms with E-state index in [-0.39, 0.29) is 23.3 Å². The Hall–Kier alpha value is -1.10. The van der Waals surface area contributed by atoms with Gasteiger partial charge in [-0.2, -0.15) is 0 Å². The van der Waals surface area contributed by atoms with Gasteiger partial charge < -0.3 is 15.0 Å². The van der Waals surface area contributed by atoms with Gasteiger partial charge in [0.2, 0.25) is 5.91 Å². The van der Waals surface area contributed by atoms with E-state index in [1.54, 1.807) is 0 Å². The van der Waals surface area contributed by atoms with Crippen molar-refractivity contribution in [1.29, 1.82) is 0 Å². The van der Waals surface area contributed by atoms with Gasteiger partial charge >= 0.3 is 0 Å². The first kappa shape index (κ1) is 12.9. The van der Waals surface area contributed by atoms with Crippen LogP contribution in [-0.4, -0.2) is 49.1 Å². The topological polar surface area (TPSA) is 58.6 Å². The molecule has 3 fully saturated rings. The van der Waals surface area contributed by atoms with Crippen molar-refractivity contribution < 1.29 is 14.3 Å². The monoisotopic (exact) mass is 266 g/mol. The number of hydrogen-bond donors (Lipinski definition) is 1. The molecule has 106 valence electrons. The molecule has 2 amide bonds. The van der Waals surface area contributed by atoms with E-state index in [9.17, 15) is 9.59 Å². The lowest BCUT2D eigenvalue weighted by Crippen LogP contribution is -2.48. The Balaban J connectivity index is 1.58.